The highest BCUT2D eigenvalue weighted by Crippen LogP contribution is 2.28. The fourth-order valence-corrected chi connectivity index (χ4v) is 3.04. The maximum Gasteiger partial charge on any atom is 0.326 e. The molecule has 0 saturated heterocycles. The van der Waals surface area contributed by atoms with Crippen molar-refractivity contribution in [1.82, 2.24) is 15.3 Å². The molecule has 3 N–H and O–H groups in total. The van der Waals surface area contributed by atoms with E-state index in [4.69, 9.17) is 5.11 Å². The lowest BCUT2D eigenvalue weighted by Gasteiger charge is -2.18. The van der Waals surface area contributed by atoms with Crippen LogP contribution in [0.2, 0.25) is 0 Å². The van der Waals surface area contributed by atoms with E-state index in [1.54, 1.807) is 25.2 Å². The zero-order valence-electron chi connectivity index (χ0n) is 13.3. The van der Waals surface area contributed by atoms with E-state index in [1.807, 2.05) is 6.07 Å². The van der Waals surface area contributed by atoms with Crippen LogP contribution in [0.4, 0.5) is 5.82 Å². The van der Waals surface area contributed by atoms with Gasteiger partial charge in [-0.1, -0.05) is 13.8 Å². The summed E-state index contributed by atoms with van der Waals surface area (Å²) >= 11 is 1.60. The van der Waals surface area contributed by atoms with Gasteiger partial charge in [0.05, 0.1) is 5.39 Å². The second-order valence-corrected chi connectivity index (χ2v) is 6.30. The Bertz CT molecular complexity index is 716. The molecule has 2 aromatic rings. The summed E-state index contributed by atoms with van der Waals surface area (Å²) in [6, 6.07) is 0.524. The molecule has 7 nitrogen and oxygen atoms in total. The largest absolute Gasteiger partial charge is 0.480 e. The molecule has 2 atom stereocenters. The summed E-state index contributed by atoms with van der Waals surface area (Å²) in [5.74, 6) is -0.836. The fourth-order valence-electron chi connectivity index (χ4n) is 2.10. The molecule has 8 heteroatoms. The van der Waals surface area contributed by atoms with Gasteiger partial charge in [0.2, 0.25) is 5.91 Å². The first kappa shape index (κ1) is 17.1. The molecule has 0 aliphatic rings. The topological polar surface area (TPSA) is 104 Å². The molecule has 0 aromatic carbocycles. The number of carbonyl (C=O) groups is 2. The van der Waals surface area contributed by atoms with Crippen LogP contribution in [-0.2, 0) is 16.0 Å². The van der Waals surface area contributed by atoms with Gasteiger partial charge in [0.1, 0.15) is 29.1 Å². The third kappa shape index (κ3) is 3.95. The van der Waals surface area contributed by atoms with Crippen LogP contribution in [0.1, 0.15) is 32.1 Å². The summed E-state index contributed by atoms with van der Waals surface area (Å²) in [4.78, 5) is 33.6. The van der Waals surface area contributed by atoms with Crippen molar-refractivity contribution < 1.29 is 14.7 Å². The van der Waals surface area contributed by atoms with Crippen LogP contribution >= 0.6 is 11.3 Å². The highest BCUT2D eigenvalue weighted by atomic mass is 32.1. The molecule has 0 aliphatic heterocycles. The summed E-state index contributed by atoms with van der Waals surface area (Å²) < 4.78 is 0. The number of aryl methyl sites for hydroxylation is 1. The number of hydrogen-bond donors (Lipinski definition) is 3. The van der Waals surface area contributed by atoms with E-state index in [-0.39, 0.29) is 5.91 Å². The molecule has 0 saturated carbocycles. The van der Waals surface area contributed by atoms with Crippen molar-refractivity contribution in [1.29, 1.82) is 0 Å². The normalized spacial score (nSPS) is 13.5. The van der Waals surface area contributed by atoms with Gasteiger partial charge >= 0.3 is 5.97 Å². The van der Waals surface area contributed by atoms with Crippen LogP contribution in [0.15, 0.2) is 12.4 Å². The van der Waals surface area contributed by atoms with E-state index in [0.717, 1.165) is 16.6 Å². The average molecular weight is 336 g/mol. The van der Waals surface area contributed by atoms with Crippen LogP contribution in [0, 0.1) is 0 Å². The standard InChI is InChI=1S/C15H20N4O3S/c1-4-9-6-10-12(16-7-17-14(10)23-9)18-8(3)13(20)19-11(5-2)15(21)22/h6-8,11H,4-5H2,1-3H3,(H,19,20)(H,21,22)(H,16,17,18). The Kier molecular flexibility index (Phi) is 5.49. The van der Waals surface area contributed by atoms with E-state index >= 15 is 0 Å². The molecule has 124 valence electrons. The lowest BCUT2D eigenvalue weighted by Crippen LogP contribution is -2.46. The number of rotatable bonds is 7. The zero-order valence-corrected chi connectivity index (χ0v) is 14.1. The fraction of sp³-hybridized carbons (Fsp3) is 0.467. The lowest BCUT2D eigenvalue weighted by molar-refractivity contribution is -0.141. The van der Waals surface area contributed by atoms with Gasteiger partial charge in [-0.05, 0) is 25.8 Å². The van der Waals surface area contributed by atoms with Crippen LogP contribution < -0.4 is 10.6 Å². The Balaban J connectivity index is 2.13. The predicted molar refractivity (Wildman–Crippen MR) is 89.7 cm³/mol. The molecule has 23 heavy (non-hydrogen) atoms. The second-order valence-electron chi connectivity index (χ2n) is 5.18. The van der Waals surface area contributed by atoms with Crippen molar-refractivity contribution in [3.05, 3.63) is 17.3 Å². The monoisotopic (exact) mass is 336 g/mol. The number of carboxylic acid groups (broad SMARTS) is 1. The smallest absolute Gasteiger partial charge is 0.326 e. The number of carboxylic acids is 1. The van der Waals surface area contributed by atoms with Gasteiger partial charge in [-0.3, -0.25) is 4.79 Å². The summed E-state index contributed by atoms with van der Waals surface area (Å²) in [5.41, 5.74) is 0. The minimum Gasteiger partial charge on any atom is -0.480 e. The highest BCUT2D eigenvalue weighted by molar-refractivity contribution is 7.18. The number of aromatic nitrogens is 2. The van der Waals surface area contributed by atoms with Crippen LogP contribution in [0.25, 0.3) is 10.2 Å². The summed E-state index contributed by atoms with van der Waals surface area (Å²) in [7, 11) is 0. The van der Waals surface area contributed by atoms with Crippen LogP contribution in [0.3, 0.4) is 0 Å². The Morgan fingerprint density at radius 1 is 1.35 bits per heavy atom. The highest BCUT2D eigenvalue weighted by Gasteiger charge is 2.22. The Morgan fingerprint density at radius 2 is 2.09 bits per heavy atom. The number of thiophene rings is 1. The minimum atomic E-state index is -1.04. The molecule has 0 bridgehead atoms. The molecule has 0 aliphatic carbocycles. The number of fused-ring (bicyclic) bond motifs is 1. The summed E-state index contributed by atoms with van der Waals surface area (Å²) in [6.07, 6.45) is 2.70. The minimum absolute atomic E-state index is 0.329. The molecule has 0 spiro atoms. The van der Waals surface area contributed by atoms with Crippen molar-refractivity contribution in [2.45, 2.75) is 45.7 Å². The SMILES string of the molecule is CCc1cc2c(NC(C)C(=O)NC(CC)C(=O)O)ncnc2s1. The van der Waals surface area contributed by atoms with Crippen LogP contribution in [-0.4, -0.2) is 39.0 Å². The molecular weight excluding hydrogens is 316 g/mol. The number of nitrogens with one attached hydrogen (secondary N) is 2. The zero-order chi connectivity index (χ0) is 17.0. The number of carbonyl (C=O) groups excluding carboxylic acids is 1. The third-order valence-corrected chi connectivity index (χ3v) is 4.69. The van der Waals surface area contributed by atoms with Crippen molar-refractivity contribution in [3.8, 4) is 0 Å². The second kappa shape index (κ2) is 7.36. The summed E-state index contributed by atoms with van der Waals surface area (Å²) in [5, 5.41) is 15.4. The molecule has 2 heterocycles. The third-order valence-electron chi connectivity index (χ3n) is 3.50. The predicted octanol–water partition coefficient (Wildman–Crippen LogP) is 2.03. The van der Waals surface area contributed by atoms with E-state index in [2.05, 4.69) is 27.5 Å². The first-order chi connectivity index (χ1) is 11.0. The van der Waals surface area contributed by atoms with E-state index < -0.39 is 18.1 Å². The van der Waals surface area contributed by atoms with Crippen molar-refractivity contribution in [2.24, 2.45) is 0 Å². The van der Waals surface area contributed by atoms with E-state index in [9.17, 15) is 9.59 Å². The number of hydrogen-bond acceptors (Lipinski definition) is 6. The number of amides is 1. The van der Waals surface area contributed by atoms with Gasteiger partial charge < -0.3 is 15.7 Å². The lowest BCUT2D eigenvalue weighted by atomic mass is 10.2. The van der Waals surface area contributed by atoms with Gasteiger partial charge in [0.15, 0.2) is 0 Å². The molecule has 1 amide bonds. The van der Waals surface area contributed by atoms with Gasteiger partial charge in [-0.2, -0.15) is 0 Å². The molecule has 2 rings (SSSR count). The maximum atomic E-state index is 12.1. The van der Waals surface area contributed by atoms with Gasteiger partial charge in [0, 0.05) is 4.88 Å². The average Bonchev–Trinajstić information content (AvgIpc) is 2.96. The Morgan fingerprint density at radius 3 is 2.70 bits per heavy atom. The number of aliphatic carboxylic acids is 1. The maximum absolute atomic E-state index is 12.1. The van der Waals surface area contributed by atoms with Gasteiger partial charge in [-0.15, -0.1) is 11.3 Å². The first-order valence-corrected chi connectivity index (χ1v) is 8.31. The van der Waals surface area contributed by atoms with E-state index in [1.165, 1.54) is 11.2 Å². The molecule has 2 unspecified atom stereocenters. The molecular formula is C15H20N4O3S. The first-order valence-electron chi connectivity index (χ1n) is 7.49. The molecule has 2 aromatic heterocycles. The Hall–Kier alpha value is -2.22. The van der Waals surface area contributed by atoms with Crippen molar-refractivity contribution in [3.63, 3.8) is 0 Å². The van der Waals surface area contributed by atoms with Crippen molar-refractivity contribution in [2.75, 3.05) is 5.32 Å². The Labute approximate surface area is 138 Å². The molecule has 0 radical (unpaired) electrons. The number of nitrogens with zero attached hydrogens (tertiary/aromatic N) is 2. The molecule has 0 fully saturated rings. The summed E-state index contributed by atoms with van der Waals surface area (Å²) in [6.45, 7) is 5.45. The number of anilines is 1. The van der Waals surface area contributed by atoms with Gasteiger partial charge in [-0.25, -0.2) is 14.8 Å². The van der Waals surface area contributed by atoms with Crippen LogP contribution in [0.5, 0.6) is 0 Å². The van der Waals surface area contributed by atoms with Gasteiger partial charge in [0.25, 0.3) is 0 Å². The van der Waals surface area contributed by atoms with Crippen molar-refractivity contribution >= 4 is 39.2 Å². The van der Waals surface area contributed by atoms with E-state index in [0.29, 0.717) is 12.2 Å². The quantitative estimate of drug-likeness (QED) is 0.715.